The van der Waals surface area contributed by atoms with Crippen LogP contribution in [0.25, 0.3) is 0 Å². The van der Waals surface area contributed by atoms with E-state index in [9.17, 15) is 0 Å². The van der Waals surface area contributed by atoms with Gasteiger partial charge in [0.2, 0.25) is 0 Å². The summed E-state index contributed by atoms with van der Waals surface area (Å²) >= 11 is 7.40. The van der Waals surface area contributed by atoms with Crippen LogP contribution in [0.15, 0.2) is 46.3 Å². The summed E-state index contributed by atoms with van der Waals surface area (Å²) in [5, 5.41) is 1.21. The molecule has 0 saturated heterocycles. The normalized spacial score (nSPS) is 10.9. The van der Waals surface area contributed by atoms with Crippen LogP contribution >= 0.6 is 23.4 Å². The monoisotopic (exact) mass is 278 g/mol. The largest absolute Gasteiger partial charge is 0.397 e. The number of nitrogens with zero attached hydrogens (tertiary/aromatic N) is 1. The maximum Gasteiger partial charge on any atom is 0.130 e. The molecule has 0 radical (unpaired) electrons. The van der Waals surface area contributed by atoms with Crippen LogP contribution in [0.3, 0.4) is 0 Å². The van der Waals surface area contributed by atoms with E-state index < -0.39 is 0 Å². The van der Waals surface area contributed by atoms with Crippen LogP contribution in [0, 0.1) is 0 Å². The molecule has 0 spiro atoms. The van der Waals surface area contributed by atoms with Gasteiger partial charge in [-0.1, -0.05) is 49.3 Å². The molecule has 0 aliphatic heterocycles. The highest BCUT2D eigenvalue weighted by molar-refractivity contribution is 7.99. The summed E-state index contributed by atoms with van der Waals surface area (Å²) in [5.74, 6) is 0.540. The highest BCUT2D eigenvalue weighted by Crippen LogP contribution is 2.32. The van der Waals surface area contributed by atoms with E-state index in [1.54, 1.807) is 12.1 Å². The number of halogens is 1. The topological polar surface area (TPSA) is 38.9 Å². The van der Waals surface area contributed by atoms with Crippen LogP contribution in [0.5, 0.6) is 0 Å². The first kappa shape index (κ1) is 13.2. The molecule has 0 aliphatic rings. The lowest BCUT2D eigenvalue weighted by Gasteiger charge is -2.07. The van der Waals surface area contributed by atoms with Crippen molar-refractivity contribution in [2.24, 2.45) is 0 Å². The van der Waals surface area contributed by atoms with Crippen molar-refractivity contribution in [3.63, 3.8) is 0 Å². The minimum absolute atomic E-state index is 0.463. The Balaban J connectivity index is 2.21. The Bertz CT molecular complexity index is 538. The molecule has 0 fully saturated rings. The molecule has 1 aromatic heterocycles. The molecule has 2 nitrogen and oxygen atoms in total. The summed E-state index contributed by atoms with van der Waals surface area (Å²) in [6.07, 6.45) is 0. The maximum atomic E-state index is 5.87. The second-order valence-corrected chi connectivity index (χ2v) is 5.80. The third-order valence-electron chi connectivity index (χ3n) is 2.62. The Labute approximate surface area is 117 Å². The van der Waals surface area contributed by atoms with Crippen molar-refractivity contribution in [3.05, 3.63) is 47.1 Å². The van der Waals surface area contributed by atoms with Crippen molar-refractivity contribution < 1.29 is 0 Å². The molecule has 94 valence electrons. The van der Waals surface area contributed by atoms with Gasteiger partial charge in [0.05, 0.1) is 5.69 Å². The fraction of sp³-hybridized carbons (Fsp3) is 0.214. The first-order valence-corrected chi connectivity index (χ1v) is 6.95. The van der Waals surface area contributed by atoms with E-state index in [-0.39, 0.29) is 0 Å². The fourth-order valence-electron chi connectivity index (χ4n) is 1.54. The van der Waals surface area contributed by atoms with E-state index in [2.05, 4.69) is 43.1 Å². The zero-order chi connectivity index (χ0) is 13.1. The van der Waals surface area contributed by atoms with Crippen molar-refractivity contribution in [2.75, 3.05) is 5.73 Å². The van der Waals surface area contributed by atoms with Crippen molar-refractivity contribution in [1.29, 1.82) is 0 Å². The zero-order valence-corrected chi connectivity index (χ0v) is 11.9. The lowest BCUT2D eigenvalue weighted by molar-refractivity contribution is 0.865. The van der Waals surface area contributed by atoms with Crippen molar-refractivity contribution >= 4 is 29.1 Å². The third kappa shape index (κ3) is 3.18. The van der Waals surface area contributed by atoms with Gasteiger partial charge in [0.25, 0.3) is 0 Å². The zero-order valence-electron chi connectivity index (χ0n) is 10.4. The van der Waals surface area contributed by atoms with Gasteiger partial charge in [0.15, 0.2) is 0 Å². The molecule has 0 unspecified atom stereocenters. The Morgan fingerprint density at radius 2 is 1.78 bits per heavy atom. The lowest BCUT2D eigenvalue weighted by Crippen LogP contribution is -1.92. The maximum absolute atomic E-state index is 5.87. The molecule has 2 N–H and O–H groups in total. The van der Waals surface area contributed by atoms with Gasteiger partial charge in [-0.25, -0.2) is 4.98 Å². The van der Waals surface area contributed by atoms with Crippen LogP contribution in [-0.4, -0.2) is 4.98 Å². The molecule has 2 aromatic rings. The minimum Gasteiger partial charge on any atom is -0.397 e. The van der Waals surface area contributed by atoms with E-state index >= 15 is 0 Å². The van der Waals surface area contributed by atoms with Crippen LogP contribution in [0.1, 0.15) is 25.3 Å². The van der Waals surface area contributed by atoms with Crippen LogP contribution in [0.2, 0.25) is 5.15 Å². The summed E-state index contributed by atoms with van der Waals surface area (Å²) in [6.45, 7) is 4.36. The van der Waals surface area contributed by atoms with Gasteiger partial charge in [-0.3, -0.25) is 0 Å². The Morgan fingerprint density at radius 1 is 1.11 bits per heavy atom. The number of aromatic nitrogens is 1. The number of nitrogens with two attached hydrogens (primary N) is 1. The molecule has 0 saturated carbocycles. The number of benzene rings is 1. The van der Waals surface area contributed by atoms with E-state index in [0.29, 0.717) is 16.8 Å². The second kappa shape index (κ2) is 5.63. The van der Waals surface area contributed by atoms with E-state index in [4.69, 9.17) is 17.3 Å². The van der Waals surface area contributed by atoms with Gasteiger partial charge in [-0.15, -0.1) is 0 Å². The highest BCUT2D eigenvalue weighted by Gasteiger charge is 2.05. The third-order valence-corrected chi connectivity index (χ3v) is 3.86. The predicted molar refractivity (Wildman–Crippen MR) is 78.3 cm³/mol. The van der Waals surface area contributed by atoms with Gasteiger partial charge in [-0.2, -0.15) is 0 Å². The summed E-state index contributed by atoms with van der Waals surface area (Å²) < 4.78 is 0. The molecule has 18 heavy (non-hydrogen) atoms. The number of nitrogen functional groups attached to an aromatic ring is 1. The van der Waals surface area contributed by atoms with Gasteiger partial charge in [-0.05, 0) is 35.7 Å². The predicted octanol–water partition coefficient (Wildman–Crippen LogP) is 4.59. The quantitative estimate of drug-likeness (QED) is 0.835. The summed E-state index contributed by atoms with van der Waals surface area (Å²) in [6, 6.07) is 11.9. The summed E-state index contributed by atoms with van der Waals surface area (Å²) in [5.41, 5.74) is 7.85. The SMILES string of the molecule is CC(C)c1ccc(Sc2nc(Cl)ccc2N)cc1. The molecule has 0 bridgehead atoms. The van der Waals surface area contributed by atoms with Gasteiger partial charge >= 0.3 is 0 Å². The molecule has 1 aromatic carbocycles. The van der Waals surface area contributed by atoms with Crippen molar-refractivity contribution in [2.45, 2.75) is 29.7 Å². The average molecular weight is 279 g/mol. The second-order valence-electron chi connectivity index (χ2n) is 4.35. The Morgan fingerprint density at radius 3 is 2.39 bits per heavy atom. The first-order valence-electron chi connectivity index (χ1n) is 5.76. The molecular formula is C14H15ClN2S. The summed E-state index contributed by atoms with van der Waals surface area (Å²) in [7, 11) is 0. The standard InChI is InChI=1S/C14H15ClN2S/c1-9(2)10-3-5-11(6-4-10)18-14-12(16)7-8-13(15)17-14/h3-9H,16H2,1-2H3. The number of hydrogen-bond donors (Lipinski definition) is 1. The van der Waals surface area contributed by atoms with Crippen LogP contribution in [-0.2, 0) is 0 Å². The molecule has 0 aliphatic carbocycles. The summed E-state index contributed by atoms with van der Waals surface area (Å²) in [4.78, 5) is 5.34. The Hall–Kier alpha value is -1.19. The van der Waals surface area contributed by atoms with E-state index in [0.717, 1.165) is 9.92 Å². The fourth-order valence-corrected chi connectivity index (χ4v) is 2.57. The minimum atomic E-state index is 0.463. The average Bonchev–Trinajstić information content (AvgIpc) is 2.34. The highest BCUT2D eigenvalue weighted by atomic mass is 35.5. The number of hydrogen-bond acceptors (Lipinski definition) is 3. The van der Waals surface area contributed by atoms with Gasteiger partial charge in [0, 0.05) is 4.90 Å². The van der Waals surface area contributed by atoms with Crippen LogP contribution < -0.4 is 5.73 Å². The number of pyridine rings is 1. The molecule has 0 amide bonds. The van der Waals surface area contributed by atoms with Gasteiger partial charge < -0.3 is 5.73 Å². The van der Waals surface area contributed by atoms with E-state index in [1.165, 1.54) is 17.3 Å². The number of rotatable bonds is 3. The molecule has 4 heteroatoms. The lowest BCUT2D eigenvalue weighted by atomic mass is 10.0. The molecule has 2 rings (SSSR count). The number of anilines is 1. The smallest absolute Gasteiger partial charge is 0.130 e. The van der Waals surface area contributed by atoms with E-state index in [1.807, 2.05) is 0 Å². The first-order chi connectivity index (χ1) is 8.56. The van der Waals surface area contributed by atoms with Crippen molar-refractivity contribution in [1.82, 2.24) is 4.98 Å². The molecular weight excluding hydrogens is 264 g/mol. The van der Waals surface area contributed by atoms with Crippen LogP contribution in [0.4, 0.5) is 5.69 Å². The van der Waals surface area contributed by atoms with Crippen molar-refractivity contribution in [3.8, 4) is 0 Å². The Kier molecular flexibility index (Phi) is 4.15. The molecule has 0 atom stereocenters. The molecule has 1 heterocycles. The van der Waals surface area contributed by atoms with Gasteiger partial charge in [0.1, 0.15) is 10.2 Å².